The van der Waals surface area contributed by atoms with Gasteiger partial charge in [0, 0.05) is 6.54 Å². The molecule has 0 heterocycles. The molecule has 1 aromatic rings. The second kappa shape index (κ2) is 5.95. The standard InChI is InChI=1S/C15H22N2O2/c1-15(8-4-5-9-15)11-17-14(18)10-19-13-7-3-2-6-12(13)16/h2-3,6-7H,4-5,8-11,16H2,1H3,(H,17,18). The number of benzene rings is 1. The lowest BCUT2D eigenvalue weighted by Crippen LogP contribution is -2.36. The predicted octanol–water partition coefficient (Wildman–Crippen LogP) is 2.34. The summed E-state index contributed by atoms with van der Waals surface area (Å²) in [4.78, 5) is 11.7. The fraction of sp³-hybridized carbons (Fsp3) is 0.533. The second-order valence-corrected chi connectivity index (χ2v) is 5.62. The van der Waals surface area contributed by atoms with E-state index < -0.39 is 0 Å². The van der Waals surface area contributed by atoms with Gasteiger partial charge in [-0.3, -0.25) is 4.79 Å². The maximum atomic E-state index is 11.7. The van der Waals surface area contributed by atoms with Crippen molar-refractivity contribution < 1.29 is 9.53 Å². The zero-order valence-corrected chi connectivity index (χ0v) is 11.4. The van der Waals surface area contributed by atoms with Crippen LogP contribution in [0.5, 0.6) is 5.75 Å². The molecule has 2 rings (SSSR count). The number of carbonyl (C=O) groups is 1. The Hall–Kier alpha value is -1.71. The maximum absolute atomic E-state index is 11.7. The SMILES string of the molecule is CC1(CNC(=O)COc2ccccc2N)CCCC1. The number of para-hydroxylation sites is 2. The lowest BCUT2D eigenvalue weighted by Gasteiger charge is -2.23. The number of ether oxygens (including phenoxy) is 1. The van der Waals surface area contributed by atoms with E-state index in [-0.39, 0.29) is 17.9 Å². The quantitative estimate of drug-likeness (QED) is 0.801. The van der Waals surface area contributed by atoms with Gasteiger partial charge in [-0.15, -0.1) is 0 Å². The maximum Gasteiger partial charge on any atom is 0.257 e. The van der Waals surface area contributed by atoms with Gasteiger partial charge in [-0.05, 0) is 30.4 Å². The summed E-state index contributed by atoms with van der Waals surface area (Å²) < 4.78 is 5.41. The Bertz CT molecular complexity index is 440. The Morgan fingerprint density at radius 2 is 2.05 bits per heavy atom. The summed E-state index contributed by atoms with van der Waals surface area (Å²) in [6, 6.07) is 7.19. The largest absolute Gasteiger partial charge is 0.482 e. The monoisotopic (exact) mass is 262 g/mol. The van der Waals surface area contributed by atoms with Crippen LogP contribution in [0, 0.1) is 5.41 Å². The normalized spacial score (nSPS) is 17.1. The average Bonchev–Trinajstić information content (AvgIpc) is 2.83. The Balaban J connectivity index is 1.74. The molecule has 0 aromatic heterocycles. The van der Waals surface area contributed by atoms with Gasteiger partial charge in [0.25, 0.3) is 5.91 Å². The van der Waals surface area contributed by atoms with E-state index in [0.717, 1.165) is 6.54 Å². The van der Waals surface area contributed by atoms with E-state index in [1.165, 1.54) is 25.7 Å². The Morgan fingerprint density at radius 1 is 1.37 bits per heavy atom. The first-order chi connectivity index (χ1) is 9.09. The van der Waals surface area contributed by atoms with Crippen LogP contribution in [-0.4, -0.2) is 19.1 Å². The third kappa shape index (κ3) is 3.88. The van der Waals surface area contributed by atoms with Gasteiger partial charge in [-0.25, -0.2) is 0 Å². The minimum atomic E-state index is -0.0867. The van der Waals surface area contributed by atoms with Gasteiger partial charge in [0.05, 0.1) is 5.69 Å². The van der Waals surface area contributed by atoms with Gasteiger partial charge in [0.1, 0.15) is 5.75 Å². The smallest absolute Gasteiger partial charge is 0.257 e. The molecule has 104 valence electrons. The molecule has 0 spiro atoms. The lowest BCUT2D eigenvalue weighted by molar-refractivity contribution is -0.123. The molecule has 1 fully saturated rings. The Labute approximate surface area is 114 Å². The minimum Gasteiger partial charge on any atom is -0.482 e. The van der Waals surface area contributed by atoms with Crippen LogP contribution >= 0.6 is 0 Å². The average molecular weight is 262 g/mol. The first kappa shape index (κ1) is 13.7. The van der Waals surface area contributed by atoms with Crippen molar-refractivity contribution in [3.05, 3.63) is 24.3 Å². The van der Waals surface area contributed by atoms with Crippen LogP contribution < -0.4 is 15.8 Å². The predicted molar refractivity (Wildman–Crippen MR) is 75.9 cm³/mol. The van der Waals surface area contributed by atoms with Crippen molar-refractivity contribution >= 4 is 11.6 Å². The van der Waals surface area contributed by atoms with Crippen LogP contribution in [0.4, 0.5) is 5.69 Å². The molecule has 1 aliphatic rings. The van der Waals surface area contributed by atoms with Gasteiger partial charge < -0.3 is 15.8 Å². The first-order valence-electron chi connectivity index (χ1n) is 6.83. The number of hydrogen-bond acceptors (Lipinski definition) is 3. The fourth-order valence-electron chi connectivity index (χ4n) is 2.52. The molecule has 0 aliphatic heterocycles. The Kier molecular flexibility index (Phi) is 4.30. The first-order valence-corrected chi connectivity index (χ1v) is 6.83. The molecule has 1 amide bonds. The summed E-state index contributed by atoms with van der Waals surface area (Å²) >= 11 is 0. The molecule has 19 heavy (non-hydrogen) atoms. The van der Waals surface area contributed by atoms with Gasteiger partial charge in [0.15, 0.2) is 6.61 Å². The number of hydrogen-bond donors (Lipinski definition) is 2. The number of carbonyl (C=O) groups excluding carboxylic acids is 1. The summed E-state index contributed by atoms with van der Waals surface area (Å²) in [5, 5.41) is 2.95. The van der Waals surface area contributed by atoms with Crippen LogP contribution in [0.15, 0.2) is 24.3 Å². The highest BCUT2D eigenvalue weighted by Gasteiger charge is 2.28. The van der Waals surface area contributed by atoms with Crippen LogP contribution in [0.25, 0.3) is 0 Å². The molecular weight excluding hydrogens is 240 g/mol. The molecule has 1 aliphatic carbocycles. The van der Waals surface area contributed by atoms with E-state index in [9.17, 15) is 4.79 Å². The molecule has 4 nitrogen and oxygen atoms in total. The molecule has 0 radical (unpaired) electrons. The van der Waals surface area contributed by atoms with Crippen molar-refractivity contribution in [2.24, 2.45) is 5.41 Å². The van der Waals surface area contributed by atoms with Crippen LogP contribution in [0.1, 0.15) is 32.6 Å². The molecule has 3 N–H and O–H groups in total. The molecule has 0 unspecified atom stereocenters. The number of rotatable bonds is 5. The van der Waals surface area contributed by atoms with E-state index in [4.69, 9.17) is 10.5 Å². The summed E-state index contributed by atoms with van der Waals surface area (Å²) in [6.07, 6.45) is 4.92. The summed E-state index contributed by atoms with van der Waals surface area (Å²) in [5.41, 5.74) is 6.56. The number of nitrogen functional groups attached to an aromatic ring is 1. The number of amides is 1. The van der Waals surface area contributed by atoms with E-state index >= 15 is 0 Å². The van der Waals surface area contributed by atoms with Crippen molar-refractivity contribution in [1.82, 2.24) is 5.32 Å². The lowest BCUT2D eigenvalue weighted by atomic mass is 9.89. The van der Waals surface area contributed by atoms with Crippen LogP contribution in [0.3, 0.4) is 0 Å². The van der Waals surface area contributed by atoms with Crippen molar-refractivity contribution in [2.45, 2.75) is 32.6 Å². The highest BCUT2D eigenvalue weighted by Crippen LogP contribution is 2.36. The molecule has 0 atom stereocenters. The summed E-state index contributed by atoms with van der Waals surface area (Å²) in [5.74, 6) is 0.473. The number of nitrogens with one attached hydrogen (secondary N) is 1. The minimum absolute atomic E-state index is 0.0181. The van der Waals surface area contributed by atoms with Gasteiger partial charge in [-0.1, -0.05) is 31.9 Å². The van der Waals surface area contributed by atoms with E-state index in [1.54, 1.807) is 12.1 Å². The van der Waals surface area contributed by atoms with Crippen molar-refractivity contribution in [3.63, 3.8) is 0 Å². The second-order valence-electron chi connectivity index (χ2n) is 5.62. The highest BCUT2D eigenvalue weighted by molar-refractivity contribution is 5.77. The van der Waals surface area contributed by atoms with Crippen molar-refractivity contribution in [1.29, 1.82) is 0 Å². The van der Waals surface area contributed by atoms with Gasteiger partial charge in [-0.2, -0.15) is 0 Å². The van der Waals surface area contributed by atoms with E-state index in [0.29, 0.717) is 11.4 Å². The highest BCUT2D eigenvalue weighted by atomic mass is 16.5. The fourth-order valence-corrected chi connectivity index (χ4v) is 2.52. The zero-order chi connectivity index (χ0) is 13.7. The zero-order valence-electron chi connectivity index (χ0n) is 11.4. The van der Waals surface area contributed by atoms with Crippen molar-refractivity contribution in [2.75, 3.05) is 18.9 Å². The summed E-state index contributed by atoms with van der Waals surface area (Å²) in [7, 11) is 0. The van der Waals surface area contributed by atoms with E-state index in [2.05, 4.69) is 12.2 Å². The topological polar surface area (TPSA) is 64.3 Å². The van der Waals surface area contributed by atoms with Crippen LogP contribution in [0.2, 0.25) is 0 Å². The van der Waals surface area contributed by atoms with Gasteiger partial charge in [0.2, 0.25) is 0 Å². The van der Waals surface area contributed by atoms with E-state index in [1.807, 2.05) is 12.1 Å². The summed E-state index contributed by atoms with van der Waals surface area (Å²) in [6.45, 7) is 2.99. The number of nitrogens with two attached hydrogens (primary N) is 1. The molecule has 4 heteroatoms. The van der Waals surface area contributed by atoms with Crippen LogP contribution in [-0.2, 0) is 4.79 Å². The Morgan fingerprint density at radius 3 is 2.74 bits per heavy atom. The number of anilines is 1. The van der Waals surface area contributed by atoms with Gasteiger partial charge >= 0.3 is 0 Å². The molecule has 1 aromatic carbocycles. The molecule has 0 saturated heterocycles. The molecule has 1 saturated carbocycles. The molecular formula is C15H22N2O2. The third-order valence-corrected chi connectivity index (χ3v) is 3.80. The third-order valence-electron chi connectivity index (χ3n) is 3.80. The van der Waals surface area contributed by atoms with Crippen molar-refractivity contribution in [3.8, 4) is 5.75 Å². The molecule has 0 bridgehead atoms.